The predicted octanol–water partition coefficient (Wildman–Crippen LogP) is 1.50. The second-order valence-corrected chi connectivity index (χ2v) is 10.3. The van der Waals surface area contributed by atoms with E-state index in [2.05, 4.69) is 0 Å². The van der Waals surface area contributed by atoms with Gasteiger partial charge in [0.2, 0.25) is 0 Å². The molecule has 42 heavy (non-hydrogen) atoms. The fourth-order valence-electron chi connectivity index (χ4n) is 5.28. The number of benzene rings is 1. The molecule has 0 aromatic heterocycles. The van der Waals surface area contributed by atoms with E-state index in [0.717, 1.165) is 34.1 Å². The van der Waals surface area contributed by atoms with Gasteiger partial charge in [0.1, 0.15) is 24.6 Å². The molecule has 3 rings (SSSR count). The molecular weight excluding hydrogens is 554 g/mol. The van der Waals surface area contributed by atoms with Crippen LogP contribution in [0.15, 0.2) is 24.3 Å². The second-order valence-electron chi connectivity index (χ2n) is 10.3. The van der Waals surface area contributed by atoms with Crippen LogP contribution in [0.25, 0.3) is 0 Å². The highest BCUT2D eigenvalue weighted by Gasteiger charge is 2.54. The van der Waals surface area contributed by atoms with Crippen LogP contribution in [0.2, 0.25) is 0 Å². The number of aliphatic hydroxyl groups is 1. The lowest BCUT2D eigenvalue weighted by atomic mass is 9.86. The summed E-state index contributed by atoms with van der Waals surface area (Å²) < 4.78 is 27.2. The van der Waals surface area contributed by atoms with Gasteiger partial charge in [-0.2, -0.15) is 0 Å². The largest absolute Gasteiger partial charge is 0.463 e. The minimum atomic E-state index is -2.14. The van der Waals surface area contributed by atoms with Crippen LogP contribution in [0.1, 0.15) is 65.9 Å². The maximum Gasteiger partial charge on any atom is 0.303 e. The zero-order valence-corrected chi connectivity index (χ0v) is 24.3. The molecule has 2 aliphatic rings. The van der Waals surface area contributed by atoms with E-state index in [4.69, 9.17) is 23.7 Å². The third-order valence-electron chi connectivity index (χ3n) is 6.94. The topological polar surface area (TPSA) is 172 Å². The van der Waals surface area contributed by atoms with E-state index in [1.807, 2.05) is 6.92 Å². The SMILES string of the molecule is CCCCN1C(=O)C(O)(CC(=O)C[C@@H]2O[C@H](COC(C)=O)[C@@H](OC(C)=O)[C@H](OC(C)=O)[C@H]2OC(C)=O)c2ccccc21. The normalized spacial score (nSPS) is 26.7. The molecule has 0 saturated carbocycles. The fourth-order valence-corrected chi connectivity index (χ4v) is 5.28. The van der Waals surface area contributed by atoms with Gasteiger partial charge < -0.3 is 33.7 Å². The molecule has 0 aliphatic carbocycles. The number of rotatable bonds is 12. The van der Waals surface area contributed by atoms with Gasteiger partial charge in [0.25, 0.3) is 5.91 Å². The molecule has 1 unspecified atom stereocenters. The van der Waals surface area contributed by atoms with Crippen LogP contribution in [-0.2, 0) is 58.1 Å². The summed E-state index contributed by atoms with van der Waals surface area (Å²) in [5.41, 5.74) is -1.33. The Bertz CT molecular complexity index is 1210. The van der Waals surface area contributed by atoms with Gasteiger partial charge in [-0.05, 0) is 12.5 Å². The van der Waals surface area contributed by atoms with Crippen LogP contribution in [-0.4, -0.2) is 84.3 Å². The Morgan fingerprint density at radius 1 is 0.881 bits per heavy atom. The number of nitrogens with zero attached hydrogens (tertiary/aromatic N) is 1. The fraction of sp³-hybridized carbons (Fsp3) is 0.586. The van der Waals surface area contributed by atoms with Crippen molar-refractivity contribution >= 4 is 41.3 Å². The molecule has 0 radical (unpaired) electrons. The summed E-state index contributed by atoms with van der Waals surface area (Å²) in [6.45, 7) is 6.33. The van der Waals surface area contributed by atoms with E-state index in [9.17, 15) is 33.9 Å². The van der Waals surface area contributed by atoms with E-state index in [-0.39, 0.29) is 0 Å². The maximum absolute atomic E-state index is 13.5. The van der Waals surface area contributed by atoms with E-state index >= 15 is 0 Å². The van der Waals surface area contributed by atoms with Gasteiger partial charge in [-0.1, -0.05) is 31.5 Å². The summed E-state index contributed by atoms with van der Waals surface area (Å²) in [6, 6.07) is 6.67. The van der Waals surface area contributed by atoms with Gasteiger partial charge >= 0.3 is 23.9 Å². The molecule has 13 heteroatoms. The average molecular weight is 592 g/mol. The monoisotopic (exact) mass is 591 g/mol. The number of carbonyl (C=O) groups is 6. The first-order valence-electron chi connectivity index (χ1n) is 13.7. The standard InChI is InChI=1S/C29H37NO12/c1-6-7-12-30-22-11-9-8-10-21(22)29(37,28(30)36)14-20(35)13-23-25(39-17(3)32)27(41-19(5)34)26(40-18(4)33)24(42-23)15-38-16(2)31/h8-11,23-27,37H,6-7,12-15H2,1-5H3/t23-,24+,25-,26+,27+,29?/m0/s1. The number of amides is 1. The third-order valence-corrected chi connectivity index (χ3v) is 6.94. The van der Waals surface area contributed by atoms with Gasteiger partial charge in [-0.15, -0.1) is 0 Å². The molecule has 1 N–H and O–H groups in total. The molecule has 1 saturated heterocycles. The number of Topliss-reactive ketones (excluding diaryl/α,β-unsaturated/α-hetero) is 1. The van der Waals surface area contributed by atoms with Crippen LogP contribution >= 0.6 is 0 Å². The number of carbonyl (C=O) groups excluding carboxylic acids is 6. The van der Waals surface area contributed by atoms with Crippen molar-refractivity contribution < 1.29 is 57.6 Å². The molecule has 2 heterocycles. The summed E-state index contributed by atoms with van der Waals surface area (Å²) >= 11 is 0. The molecule has 13 nitrogen and oxygen atoms in total. The van der Waals surface area contributed by atoms with Crippen molar-refractivity contribution in [1.82, 2.24) is 0 Å². The van der Waals surface area contributed by atoms with Crippen molar-refractivity contribution in [2.24, 2.45) is 0 Å². The summed E-state index contributed by atoms with van der Waals surface area (Å²) in [7, 11) is 0. The Morgan fingerprint density at radius 2 is 1.45 bits per heavy atom. The molecular formula is C29H37NO12. The summed E-state index contributed by atoms with van der Waals surface area (Å²) in [5, 5.41) is 11.6. The van der Waals surface area contributed by atoms with Gasteiger partial charge in [0.15, 0.2) is 23.9 Å². The van der Waals surface area contributed by atoms with Gasteiger partial charge in [-0.3, -0.25) is 28.8 Å². The number of para-hydroxylation sites is 1. The Kier molecular flexibility index (Phi) is 10.8. The first-order chi connectivity index (χ1) is 19.8. The van der Waals surface area contributed by atoms with Crippen molar-refractivity contribution in [3.8, 4) is 0 Å². The first kappa shape index (κ1) is 32.7. The van der Waals surface area contributed by atoms with E-state index in [1.165, 1.54) is 4.90 Å². The summed E-state index contributed by atoms with van der Waals surface area (Å²) in [4.78, 5) is 75.9. The lowest BCUT2D eigenvalue weighted by Gasteiger charge is -2.44. The van der Waals surface area contributed by atoms with Crippen LogP contribution in [0.3, 0.4) is 0 Å². The summed E-state index contributed by atoms with van der Waals surface area (Å²) in [5.74, 6) is -4.32. The minimum Gasteiger partial charge on any atom is -0.463 e. The van der Waals surface area contributed by atoms with Crippen molar-refractivity contribution in [3.05, 3.63) is 29.8 Å². The van der Waals surface area contributed by atoms with Crippen molar-refractivity contribution in [2.45, 2.75) is 96.4 Å². The molecule has 2 aliphatic heterocycles. The van der Waals surface area contributed by atoms with E-state index < -0.39 is 91.1 Å². The molecule has 1 aromatic carbocycles. The van der Waals surface area contributed by atoms with E-state index in [1.54, 1.807) is 24.3 Å². The van der Waals surface area contributed by atoms with Crippen LogP contribution < -0.4 is 4.90 Å². The highest BCUT2D eigenvalue weighted by Crippen LogP contribution is 2.43. The average Bonchev–Trinajstić information content (AvgIpc) is 3.10. The lowest BCUT2D eigenvalue weighted by molar-refractivity contribution is -0.252. The van der Waals surface area contributed by atoms with Crippen LogP contribution in [0, 0.1) is 0 Å². The molecule has 0 bridgehead atoms. The number of hydrogen-bond acceptors (Lipinski definition) is 12. The Hall–Kier alpha value is -3.84. The summed E-state index contributed by atoms with van der Waals surface area (Å²) in [6.07, 6.45) is -6.32. The maximum atomic E-state index is 13.5. The number of ketones is 1. The van der Waals surface area contributed by atoms with E-state index in [0.29, 0.717) is 24.2 Å². The zero-order valence-electron chi connectivity index (χ0n) is 24.3. The lowest BCUT2D eigenvalue weighted by Crippen LogP contribution is -2.62. The molecule has 1 fully saturated rings. The van der Waals surface area contributed by atoms with Crippen molar-refractivity contribution in [3.63, 3.8) is 0 Å². The number of esters is 4. The van der Waals surface area contributed by atoms with Crippen molar-refractivity contribution in [1.29, 1.82) is 0 Å². The first-order valence-corrected chi connectivity index (χ1v) is 13.7. The van der Waals surface area contributed by atoms with Crippen LogP contribution in [0.4, 0.5) is 5.69 Å². The highest BCUT2D eigenvalue weighted by atomic mass is 16.7. The highest BCUT2D eigenvalue weighted by molar-refractivity contribution is 6.08. The third kappa shape index (κ3) is 7.51. The minimum absolute atomic E-state index is 0.293. The molecule has 1 aromatic rings. The van der Waals surface area contributed by atoms with Gasteiger partial charge in [0.05, 0.1) is 5.69 Å². The number of fused-ring (bicyclic) bond motifs is 1. The van der Waals surface area contributed by atoms with Gasteiger partial charge in [-0.25, -0.2) is 0 Å². The number of ether oxygens (including phenoxy) is 5. The number of hydrogen-bond donors (Lipinski definition) is 1. The zero-order chi connectivity index (χ0) is 31.2. The molecule has 230 valence electrons. The number of unbranched alkanes of at least 4 members (excludes halogenated alkanes) is 1. The Balaban J connectivity index is 1.93. The smallest absolute Gasteiger partial charge is 0.303 e. The van der Waals surface area contributed by atoms with Crippen LogP contribution in [0.5, 0.6) is 0 Å². The second kappa shape index (κ2) is 13.9. The molecule has 6 atom stereocenters. The molecule has 1 amide bonds. The number of anilines is 1. The van der Waals surface area contributed by atoms with Crippen molar-refractivity contribution in [2.75, 3.05) is 18.1 Å². The Labute approximate surface area is 243 Å². The molecule has 0 spiro atoms. The van der Waals surface area contributed by atoms with Gasteiger partial charge in [0, 0.05) is 52.6 Å². The quantitative estimate of drug-likeness (QED) is 0.275. The predicted molar refractivity (Wildman–Crippen MR) is 144 cm³/mol. The Morgan fingerprint density at radius 3 is 2.02 bits per heavy atom.